The van der Waals surface area contributed by atoms with E-state index in [1.54, 1.807) is 24.3 Å². The highest BCUT2D eigenvalue weighted by Gasteiger charge is 2.32. The van der Waals surface area contributed by atoms with E-state index in [2.05, 4.69) is 5.32 Å². The Morgan fingerprint density at radius 1 is 0.963 bits per heavy atom. The van der Waals surface area contributed by atoms with Gasteiger partial charge in [0.15, 0.2) is 0 Å². The molecular weight excluding hydrogens is 354 g/mol. The Kier molecular flexibility index (Phi) is 5.30. The maximum atomic E-state index is 11.7. The number of rotatable bonds is 7. The van der Waals surface area contributed by atoms with Crippen LogP contribution in [0, 0.1) is 0 Å². The Hall–Kier alpha value is -3.49. The molecule has 9 nitrogen and oxygen atoms in total. The smallest absolute Gasteiger partial charge is 0.333 e. The fourth-order valence-electron chi connectivity index (χ4n) is 2.65. The lowest BCUT2D eigenvalue weighted by Crippen LogP contribution is -2.32. The van der Waals surface area contributed by atoms with Crippen molar-refractivity contribution in [2.24, 2.45) is 0 Å². The summed E-state index contributed by atoms with van der Waals surface area (Å²) in [6.45, 7) is 0.458. The Labute approximate surface area is 154 Å². The minimum absolute atomic E-state index is 0.0462. The van der Waals surface area contributed by atoms with Crippen LogP contribution in [-0.2, 0) is 28.8 Å². The molecule has 1 aromatic carbocycles. The molecule has 0 atom stereocenters. The number of hydrogen-bond acceptors (Lipinski definition) is 7. The van der Waals surface area contributed by atoms with Crippen LogP contribution in [-0.4, -0.2) is 41.2 Å². The molecule has 0 saturated carbocycles. The van der Waals surface area contributed by atoms with Crippen molar-refractivity contribution in [2.45, 2.75) is 25.7 Å². The molecule has 0 aliphatic carbocycles. The van der Waals surface area contributed by atoms with Crippen LogP contribution >= 0.6 is 0 Å². The van der Waals surface area contributed by atoms with Gasteiger partial charge in [0.05, 0.1) is 5.69 Å². The maximum absolute atomic E-state index is 11.7. The summed E-state index contributed by atoms with van der Waals surface area (Å²) in [5.41, 5.74) is 1.23. The van der Waals surface area contributed by atoms with E-state index in [-0.39, 0.29) is 31.1 Å². The summed E-state index contributed by atoms with van der Waals surface area (Å²) in [6, 6.07) is 6.72. The highest BCUT2D eigenvalue weighted by Crippen LogP contribution is 2.21. The van der Waals surface area contributed by atoms with Crippen molar-refractivity contribution in [1.82, 2.24) is 5.06 Å². The first-order chi connectivity index (χ1) is 13.0. The number of nitrogens with one attached hydrogen (secondary N) is 1. The number of imide groups is 2. The molecule has 2 aliphatic heterocycles. The molecular formula is C18H17N3O6. The third-order valence-electron chi connectivity index (χ3n) is 4.02. The number of amides is 4. The van der Waals surface area contributed by atoms with Crippen molar-refractivity contribution >= 4 is 41.0 Å². The molecule has 0 radical (unpaired) electrons. The molecule has 0 spiro atoms. The van der Waals surface area contributed by atoms with Gasteiger partial charge in [-0.25, -0.2) is 9.69 Å². The van der Waals surface area contributed by atoms with Crippen molar-refractivity contribution in [2.75, 3.05) is 16.8 Å². The molecule has 0 unspecified atom stereocenters. The van der Waals surface area contributed by atoms with Crippen LogP contribution in [0.3, 0.4) is 0 Å². The molecule has 4 amide bonds. The first-order valence-corrected chi connectivity index (χ1v) is 8.42. The van der Waals surface area contributed by atoms with Crippen LogP contribution in [0.15, 0.2) is 36.4 Å². The minimum Gasteiger partial charge on any atom is -0.385 e. The second kappa shape index (κ2) is 7.81. The van der Waals surface area contributed by atoms with E-state index in [0.717, 1.165) is 10.6 Å². The van der Waals surface area contributed by atoms with Crippen LogP contribution in [0.4, 0.5) is 11.4 Å². The summed E-state index contributed by atoms with van der Waals surface area (Å²) in [5, 5.41) is 3.62. The summed E-state index contributed by atoms with van der Waals surface area (Å²) in [7, 11) is 0. The van der Waals surface area contributed by atoms with Gasteiger partial charge >= 0.3 is 5.97 Å². The van der Waals surface area contributed by atoms with Crippen LogP contribution in [0.2, 0.25) is 0 Å². The quantitative estimate of drug-likeness (QED) is 0.560. The van der Waals surface area contributed by atoms with Crippen molar-refractivity contribution in [3.8, 4) is 0 Å². The van der Waals surface area contributed by atoms with E-state index >= 15 is 0 Å². The van der Waals surface area contributed by atoms with Gasteiger partial charge in [-0.05, 0) is 30.7 Å². The summed E-state index contributed by atoms with van der Waals surface area (Å²) < 4.78 is 0. The average Bonchev–Trinajstić information content (AvgIpc) is 3.15. The predicted octanol–water partition coefficient (Wildman–Crippen LogP) is 0.915. The normalized spacial score (nSPS) is 16.4. The van der Waals surface area contributed by atoms with Crippen molar-refractivity contribution < 1.29 is 28.8 Å². The minimum atomic E-state index is -0.644. The molecule has 0 bridgehead atoms. The first kappa shape index (κ1) is 18.3. The third-order valence-corrected chi connectivity index (χ3v) is 4.02. The molecule has 1 aromatic rings. The van der Waals surface area contributed by atoms with E-state index in [0.29, 0.717) is 23.7 Å². The summed E-state index contributed by atoms with van der Waals surface area (Å²) in [4.78, 5) is 63.5. The zero-order valence-electron chi connectivity index (χ0n) is 14.3. The Morgan fingerprint density at radius 3 is 2.15 bits per heavy atom. The predicted molar refractivity (Wildman–Crippen MR) is 93.0 cm³/mol. The van der Waals surface area contributed by atoms with E-state index in [1.807, 2.05) is 0 Å². The first-order valence-electron chi connectivity index (χ1n) is 8.42. The molecule has 27 heavy (non-hydrogen) atoms. The van der Waals surface area contributed by atoms with Crippen molar-refractivity contribution in [3.63, 3.8) is 0 Å². The van der Waals surface area contributed by atoms with E-state index in [9.17, 15) is 24.0 Å². The maximum Gasteiger partial charge on any atom is 0.333 e. The molecule has 3 rings (SSSR count). The number of carbonyl (C=O) groups is 5. The average molecular weight is 371 g/mol. The van der Waals surface area contributed by atoms with Gasteiger partial charge in [-0.15, -0.1) is 5.06 Å². The van der Waals surface area contributed by atoms with E-state index in [4.69, 9.17) is 4.84 Å². The lowest BCUT2D eigenvalue weighted by atomic mass is 10.2. The molecule has 140 valence electrons. The Morgan fingerprint density at radius 2 is 1.56 bits per heavy atom. The van der Waals surface area contributed by atoms with Crippen molar-refractivity contribution in [3.05, 3.63) is 36.4 Å². The van der Waals surface area contributed by atoms with Gasteiger partial charge in [0.1, 0.15) is 0 Å². The standard InChI is InChI=1S/C18H17N3O6/c22-14-7-8-15(23)20(14)13-5-3-12(4-6-13)19-11-1-2-18(26)27-21-16(24)9-10-17(21)25/h3-8,19H,1-2,9-11H2. The van der Waals surface area contributed by atoms with Crippen molar-refractivity contribution in [1.29, 1.82) is 0 Å². The van der Waals surface area contributed by atoms with Crippen LogP contribution in [0.1, 0.15) is 25.7 Å². The zero-order valence-corrected chi connectivity index (χ0v) is 14.3. The number of nitrogens with zero attached hydrogens (tertiary/aromatic N) is 2. The number of carbonyl (C=O) groups excluding carboxylic acids is 5. The number of hydrogen-bond donors (Lipinski definition) is 1. The fourth-order valence-corrected chi connectivity index (χ4v) is 2.65. The van der Waals surface area contributed by atoms with E-state index < -0.39 is 17.8 Å². The van der Waals surface area contributed by atoms with Gasteiger partial charge in [0.25, 0.3) is 23.6 Å². The number of benzene rings is 1. The molecule has 2 heterocycles. The van der Waals surface area contributed by atoms with Gasteiger partial charge in [0, 0.05) is 43.6 Å². The topological polar surface area (TPSA) is 113 Å². The second-order valence-corrected chi connectivity index (χ2v) is 5.97. The highest BCUT2D eigenvalue weighted by atomic mass is 16.7. The van der Waals surface area contributed by atoms with Gasteiger partial charge in [-0.1, -0.05) is 0 Å². The monoisotopic (exact) mass is 371 g/mol. The third kappa shape index (κ3) is 4.20. The Bertz CT molecular complexity index is 796. The lowest BCUT2D eigenvalue weighted by Gasteiger charge is -2.15. The second-order valence-electron chi connectivity index (χ2n) is 5.97. The van der Waals surface area contributed by atoms with E-state index in [1.165, 1.54) is 12.2 Å². The Balaban J connectivity index is 1.41. The fraction of sp³-hybridized carbons (Fsp3) is 0.278. The van der Waals surface area contributed by atoms with Gasteiger partial charge in [-0.3, -0.25) is 19.2 Å². The molecule has 9 heteroatoms. The molecule has 1 N–H and O–H groups in total. The van der Waals surface area contributed by atoms with Gasteiger partial charge in [-0.2, -0.15) is 0 Å². The number of hydroxylamine groups is 2. The van der Waals surface area contributed by atoms with Gasteiger partial charge in [0.2, 0.25) is 0 Å². The summed E-state index contributed by atoms with van der Waals surface area (Å²) >= 11 is 0. The molecule has 2 aliphatic rings. The van der Waals surface area contributed by atoms with Crippen LogP contribution in [0.25, 0.3) is 0 Å². The molecule has 1 saturated heterocycles. The summed E-state index contributed by atoms with van der Waals surface area (Å²) in [5.74, 6) is -2.41. The zero-order chi connectivity index (χ0) is 19.4. The van der Waals surface area contributed by atoms with Crippen LogP contribution in [0.5, 0.6) is 0 Å². The summed E-state index contributed by atoms with van der Waals surface area (Å²) in [6.07, 6.45) is 3.05. The molecule has 1 fully saturated rings. The lowest BCUT2D eigenvalue weighted by molar-refractivity contribution is -0.197. The van der Waals surface area contributed by atoms with Crippen LogP contribution < -0.4 is 10.2 Å². The SMILES string of the molecule is O=C(CCCNc1ccc(N2C(=O)C=CC2=O)cc1)ON1C(=O)CCC1=O. The largest absolute Gasteiger partial charge is 0.385 e. The van der Waals surface area contributed by atoms with Gasteiger partial charge < -0.3 is 10.2 Å². The molecule has 0 aromatic heterocycles. The number of anilines is 2. The highest BCUT2D eigenvalue weighted by molar-refractivity contribution is 6.28.